The Labute approximate surface area is 143 Å². The van der Waals surface area contributed by atoms with Gasteiger partial charge >= 0.3 is 5.97 Å². The van der Waals surface area contributed by atoms with E-state index in [-0.39, 0.29) is 12.1 Å². The first-order valence-electron chi connectivity index (χ1n) is 7.31. The summed E-state index contributed by atoms with van der Waals surface area (Å²) >= 11 is 0. The molecule has 130 valence electrons. The lowest BCUT2D eigenvalue weighted by Gasteiger charge is -2.09. The fraction of sp³-hybridized carbons (Fsp3) is 0.176. The molecule has 0 heterocycles. The number of para-hydroxylation sites is 1. The van der Waals surface area contributed by atoms with Crippen molar-refractivity contribution in [3.05, 3.63) is 64.2 Å². The van der Waals surface area contributed by atoms with E-state index < -0.39 is 23.4 Å². The average molecular weight is 344 g/mol. The van der Waals surface area contributed by atoms with Gasteiger partial charge in [-0.05, 0) is 18.2 Å². The number of ether oxygens (including phenoxy) is 2. The van der Waals surface area contributed by atoms with E-state index >= 15 is 0 Å². The molecule has 0 saturated heterocycles. The molecule has 0 aliphatic carbocycles. The van der Waals surface area contributed by atoms with Crippen molar-refractivity contribution in [1.82, 2.24) is 0 Å². The van der Waals surface area contributed by atoms with Gasteiger partial charge in [0.25, 0.3) is 11.6 Å². The van der Waals surface area contributed by atoms with Gasteiger partial charge in [0.05, 0.1) is 18.5 Å². The first-order chi connectivity index (χ1) is 12.0. The van der Waals surface area contributed by atoms with Crippen molar-refractivity contribution in [2.45, 2.75) is 6.42 Å². The Morgan fingerprint density at radius 1 is 1.12 bits per heavy atom. The molecule has 0 aromatic heterocycles. The second-order valence-electron chi connectivity index (χ2n) is 5.00. The molecule has 0 aliphatic heterocycles. The molecule has 0 spiro atoms. The number of carbonyl (C=O) groups excluding carboxylic acids is 2. The molecular formula is C17H16N2O6. The molecule has 0 radical (unpaired) electrons. The number of nitro groups is 1. The zero-order chi connectivity index (χ0) is 18.2. The Morgan fingerprint density at radius 3 is 2.44 bits per heavy atom. The monoisotopic (exact) mass is 344 g/mol. The third kappa shape index (κ3) is 5.31. The first kappa shape index (κ1) is 17.9. The van der Waals surface area contributed by atoms with E-state index in [0.29, 0.717) is 17.0 Å². The van der Waals surface area contributed by atoms with Crippen molar-refractivity contribution in [2.24, 2.45) is 0 Å². The van der Waals surface area contributed by atoms with Gasteiger partial charge < -0.3 is 14.8 Å². The SMILES string of the molecule is COc1ccccc1CC(=O)OCC(=O)Nc1ccc([N+](=O)[O-])cc1. The molecule has 0 saturated carbocycles. The number of hydrogen-bond acceptors (Lipinski definition) is 6. The molecule has 25 heavy (non-hydrogen) atoms. The fourth-order valence-electron chi connectivity index (χ4n) is 2.07. The van der Waals surface area contributed by atoms with Gasteiger partial charge in [-0.2, -0.15) is 0 Å². The van der Waals surface area contributed by atoms with Crippen molar-refractivity contribution >= 4 is 23.3 Å². The van der Waals surface area contributed by atoms with Crippen LogP contribution in [0.2, 0.25) is 0 Å². The van der Waals surface area contributed by atoms with Crippen LogP contribution in [0.15, 0.2) is 48.5 Å². The lowest BCUT2D eigenvalue weighted by atomic mass is 10.1. The number of nitro benzene ring substituents is 1. The molecule has 1 N–H and O–H groups in total. The number of esters is 1. The van der Waals surface area contributed by atoms with Gasteiger partial charge in [0.2, 0.25) is 0 Å². The highest BCUT2D eigenvalue weighted by Gasteiger charge is 2.12. The Hall–Kier alpha value is -3.42. The summed E-state index contributed by atoms with van der Waals surface area (Å²) in [7, 11) is 1.50. The number of nitrogens with one attached hydrogen (secondary N) is 1. The predicted molar refractivity (Wildman–Crippen MR) is 89.4 cm³/mol. The van der Waals surface area contributed by atoms with Crippen LogP contribution in [0.25, 0.3) is 0 Å². The number of non-ortho nitro benzene ring substituents is 1. The topological polar surface area (TPSA) is 108 Å². The molecule has 2 aromatic rings. The first-order valence-corrected chi connectivity index (χ1v) is 7.31. The maximum absolute atomic E-state index is 11.8. The average Bonchev–Trinajstić information content (AvgIpc) is 2.61. The smallest absolute Gasteiger partial charge is 0.310 e. The number of methoxy groups -OCH3 is 1. The summed E-state index contributed by atoms with van der Waals surface area (Å²) in [4.78, 5) is 33.6. The van der Waals surface area contributed by atoms with Crippen molar-refractivity contribution in [3.63, 3.8) is 0 Å². The third-order valence-corrected chi connectivity index (χ3v) is 3.25. The number of rotatable bonds is 7. The highest BCUT2D eigenvalue weighted by Crippen LogP contribution is 2.18. The third-order valence-electron chi connectivity index (χ3n) is 3.25. The minimum Gasteiger partial charge on any atom is -0.496 e. The lowest BCUT2D eigenvalue weighted by Crippen LogP contribution is -2.21. The summed E-state index contributed by atoms with van der Waals surface area (Å²) in [5.41, 5.74) is 0.948. The molecule has 1 amide bonds. The highest BCUT2D eigenvalue weighted by atomic mass is 16.6. The van der Waals surface area contributed by atoms with E-state index in [1.807, 2.05) is 0 Å². The van der Waals surface area contributed by atoms with E-state index in [0.717, 1.165) is 0 Å². The number of nitrogens with zero attached hydrogens (tertiary/aromatic N) is 1. The number of anilines is 1. The van der Waals surface area contributed by atoms with Gasteiger partial charge in [-0.15, -0.1) is 0 Å². The van der Waals surface area contributed by atoms with Gasteiger partial charge in [-0.25, -0.2) is 0 Å². The Morgan fingerprint density at radius 2 is 1.80 bits per heavy atom. The van der Waals surface area contributed by atoms with Crippen molar-refractivity contribution in [1.29, 1.82) is 0 Å². The standard InChI is InChI=1S/C17H16N2O6/c1-24-15-5-3-2-4-12(15)10-17(21)25-11-16(20)18-13-6-8-14(9-7-13)19(22)23/h2-9H,10-11H2,1H3,(H,18,20). The molecular weight excluding hydrogens is 328 g/mol. The minimum absolute atomic E-state index is 0.0190. The van der Waals surface area contributed by atoms with Crippen LogP contribution in [-0.2, 0) is 20.7 Å². The van der Waals surface area contributed by atoms with Crippen molar-refractivity contribution in [3.8, 4) is 5.75 Å². The Balaban J connectivity index is 1.83. The molecule has 2 rings (SSSR count). The summed E-state index contributed by atoms with van der Waals surface area (Å²) in [6.07, 6.45) is -0.0190. The summed E-state index contributed by atoms with van der Waals surface area (Å²) in [6.45, 7) is -0.453. The minimum atomic E-state index is -0.566. The largest absolute Gasteiger partial charge is 0.496 e. The molecule has 2 aromatic carbocycles. The van der Waals surface area contributed by atoms with Gasteiger partial charge in [0.15, 0.2) is 6.61 Å². The molecule has 0 unspecified atom stereocenters. The van der Waals surface area contributed by atoms with Crippen LogP contribution in [0.4, 0.5) is 11.4 Å². The lowest BCUT2D eigenvalue weighted by molar-refractivity contribution is -0.384. The fourth-order valence-corrected chi connectivity index (χ4v) is 2.07. The second-order valence-corrected chi connectivity index (χ2v) is 5.00. The number of carbonyl (C=O) groups is 2. The van der Waals surface area contributed by atoms with Crippen LogP contribution in [0.5, 0.6) is 5.75 Å². The van der Waals surface area contributed by atoms with E-state index in [1.165, 1.54) is 31.4 Å². The van der Waals surface area contributed by atoms with E-state index in [1.54, 1.807) is 24.3 Å². The van der Waals surface area contributed by atoms with Crippen LogP contribution in [-0.4, -0.2) is 30.5 Å². The Bertz CT molecular complexity index is 773. The maximum atomic E-state index is 11.8. The summed E-state index contributed by atoms with van der Waals surface area (Å²) in [5, 5.41) is 13.0. The summed E-state index contributed by atoms with van der Waals surface area (Å²) in [5.74, 6) is -0.541. The van der Waals surface area contributed by atoms with E-state index in [9.17, 15) is 19.7 Å². The highest BCUT2D eigenvalue weighted by molar-refractivity contribution is 5.93. The predicted octanol–water partition coefficient (Wildman–Crippen LogP) is 2.33. The van der Waals surface area contributed by atoms with Gasteiger partial charge in [-0.3, -0.25) is 19.7 Å². The van der Waals surface area contributed by atoms with Crippen LogP contribution in [0.3, 0.4) is 0 Å². The van der Waals surface area contributed by atoms with Crippen molar-refractivity contribution in [2.75, 3.05) is 19.0 Å². The molecule has 8 nitrogen and oxygen atoms in total. The molecule has 8 heteroatoms. The normalized spacial score (nSPS) is 9.96. The summed E-state index contributed by atoms with van der Waals surface area (Å²) < 4.78 is 10.1. The molecule has 0 fully saturated rings. The van der Waals surface area contributed by atoms with Crippen LogP contribution < -0.4 is 10.1 Å². The zero-order valence-electron chi connectivity index (χ0n) is 13.4. The maximum Gasteiger partial charge on any atom is 0.310 e. The van der Waals surface area contributed by atoms with Crippen molar-refractivity contribution < 1.29 is 24.0 Å². The van der Waals surface area contributed by atoms with Gasteiger partial charge in [0, 0.05) is 23.4 Å². The second kappa shape index (κ2) is 8.44. The van der Waals surface area contributed by atoms with Crippen LogP contribution >= 0.6 is 0 Å². The number of benzene rings is 2. The molecule has 0 bridgehead atoms. The number of hydrogen-bond donors (Lipinski definition) is 1. The zero-order valence-corrected chi connectivity index (χ0v) is 13.4. The molecule has 0 atom stereocenters. The number of amides is 1. The van der Waals surface area contributed by atoms with Gasteiger partial charge in [-0.1, -0.05) is 18.2 Å². The summed E-state index contributed by atoms with van der Waals surface area (Å²) in [6, 6.07) is 12.3. The molecule has 0 aliphatic rings. The quantitative estimate of drug-likeness (QED) is 0.469. The van der Waals surface area contributed by atoms with Gasteiger partial charge in [0.1, 0.15) is 5.75 Å². The van der Waals surface area contributed by atoms with E-state index in [4.69, 9.17) is 9.47 Å². The van der Waals surface area contributed by atoms with E-state index in [2.05, 4.69) is 5.32 Å². The van der Waals surface area contributed by atoms with Crippen LogP contribution in [0, 0.1) is 10.1 Å². The van der Waals surface area contributed by atoms with Crippen LogP contribution in [0.1, 0.15) is 5.56 Å². The Kier molecular flexibility index (Phi) is 6.05.